The molecule has 5 nitrogen and oxygen atoms in total. The molecule has 38 heavy (non-hydrogen) atoms. The Bertz CT molecular complexity index is 2230. The third kappa shape index (κ3) is 3.02. The van der Waals surface area contributed by atoms with Gasteiger partial charge in [-0.15, -0.1) is 0 Å². The van der Waals surface area contributed by atoms with Gasteiger partial charge in [0.25, 0.3) is 0 Å². The number of hydrogen-bond donors (Lipinski definition) is 0. The van der Waals surface area contributed by atoms with E-state index < -0.39 is 0 Å². The van der Waals surface area contributed by atoms with Crippen LogP contribution in [-0.2, 0) is 0 Å². The Labute approximate surface area is 218 Å². The zero-order valence-electron chi connectivity index (χ0n) is 20.1. The lowest BCUT2D eigenvalue weighted by Crippen LogP contribution is -1.97. The quantitative estimate of drug-likeness (QED) is 0.226. The lowest BCUT2D eigenvalue weighted by atomic mass is 10.1. The molecule has 0 aliphatic carbocycles. The van der Waals surface area contributed by atoms with Gasteiger partial charge in [0.1, 0.15) is 0 Å². The van der Waals surface area contributed by atoms with Gasteiger partial charge in [0, 0.05) is 27.5 Å². The zero-order valence-corrected chi connectivity index (χ0v) is 20.1. The summed E-state index contributed by atoms with van der Waals surface area (Å²) in [7, 11) is 0. The number of nitrogens with zero attached hydrogens (tertiary/aromatic N) is 5. The highest BCUT2D eigenvalue weighted by atomic mass is 15.0. The van der Waals surface area contributed by atoms with Crippen LogP contribution in [0.2, 0.25) is 0 Å². The van der Waals surface area contributed by atoms with E-state index in [1.165, 1.54) is 0 Å². The number of fused-ring (bicyclic) bond motifs is 6. The number of para-hydroxylation sites is 1. The van der Waals surface area contributed by atoms with Gasteiger partial charge in [0.2, 0.25) is 0 Å². The second kappa shape index (κ2) is 8.10. The summed E-state index contributed by atoms with van der Waals surface area (Å²) in [5.41, 5.74) is 7.73. The molecule has 5 heteroatoms. The molecule has 0 radical (unpaired) electrons. The molecule has 7 rings (SSSR count). The first-order valence-electron chi connectivity index (χ1n) is 12.1. The Morgan fingerprint density at radius 2 is 1.18 bits per heavy atom. The van der Waals surface area contributed by atoms with Crippen LogP contribution in [0.3, 0.4) is 0 Å². The zero-order chi connectivity index (χ0) is 25.8. The first-order chi connectivity index (χ1) is 18.7. The first-order valence-corrected chi connectivity index (χ1v) is 12.1. The Morgan fingerprint density at radius 1 is 0.526 bits per heavy atom. The van der Waals surface area contributed by atoms with Crippen molar-refractivity contribution in [1.29, 1.82) is 5.26 Å². The predicted octanol–water partition coefficient (Wildman–Crippen LogP) is 8.85. The largest absolute Gasteiger partial charge is 0.311 e. The summed E-state index contributed by atoms with van der Waals surface area (Å²) >= 11 is 0. The molecule has 0 aliphatic rings. The Kier molecular flexibility index (Phi) is 4.57. The van der Waals surface area contributed by atoms with Gasteiger partial charge < -0.3 is 9.13 Å². The standard InChI is InChI=1S/C33H17N5/c1-35-22-6-5-7-24(17-22)38-32-15-11-23(36-2)18-29(32)27-13-12-25(19-33(27)38)37-30-9-4-3-8-26(30)28-16-21(20-34)10-14-31(28)37/h3-19H. The van der Waals surface area contributed by atoms with Gasteiger partial charge in [0.05, 0.1) is 46.8 Å². The number of rotatable bonds is 2. The van der Waals surface area contributed by atoms with E-state index in [9.17, 15) is 5.26 Å². The van der Waals surface area contributed by atoms with Crippen molar-refractivity contribution < 1.29 is 0 Å². The minimum Gasteiger partial charge on any atom is -0.311 e. The Morgan fingerprint density at radius 3 is 2.00 bits per heavy atom. The van der Waals surface area contributed by atoms with Crippen LogP contribution in [0.1, 0.15) is 5.56 Å². The predicted molar refractivity (Wildman–Crippen MR) is 152 cm³/mol. The summed E-state index contributed by atoms with van der Waals surface area (Å²) in [5.74, 6) is 0. The lowest BCUT2D eigenvalue weighted by molar-refractivity contribution is 1.16. The number of nitriles is 1. The molecule has 0 aliphatic heterocycles. The summed E-state index contributed by atoms with van der Waals surface area (Å²) < 4.78 is 4.39. The molecule has 0 unspecified atom stereocenters. The fraction of sp³-hybridized carbons (Fsp3) is 0. The van der Waals surface area contributed by atoms with Crippen molar-refractivity contribution in [3.63, 3.8) is 0 Å². The van der Waals surface area contributed by atoms with E-state index in [-0.39, 0.29) is 0 Å². The van der Waals surface area contributed by atoms with E-state index in [4.69, 9.17) is 13.1 Å². The maximum atomic E-state index is 9.50. The molecule has 0 amide bonds. The molecule has 0 bridgehead atoms. The van der Waals surface area contributed by atoms with Crippen molar-refractivity contribution in [3.05, 3.63) is 132 Å². The van der Waals surface area contributed by atoms with Crippen LogP contribution in [-0.4, -0.2) is 9.13 Å². The van der Waals surface area contributed by atoms with E-state index in [1.807, 2.05) is 66.7 Å². The van der Waals surface area contributed by atoms with Gasteiger partial charge in [-0.2, -0.15) is 5.26 Å². The van der Waals surface area contributed by atoms with Crippen molar-refractivity contribution in [1.82, 2.24) is 9.13 Å². The molecule has 7 aromatic rings. The molecular weight excluding hydrogens is 466 g/mol. The topological polar surface area (TPSA) is 42.4 Å². The van der Waals surface area contributed by atoms with Crippen LogP contribution < -0.4 is 0 Å². The third-order valence-corrected chi connectivity index (χ3v) is 7.14. The molecule has 2 heterocycles. The Balaban J connectivity index is 1.60. The minimum absolute atomic E-state index is 0.571. The van der Waals surface area contributed by atoms with Gasteiger partial charge in [-0.1, -0.05) is 42.5 Å². The fourth-order valence-electron chi connectivity index (χ4n) is 5.51. The molecule has 0 fully saturated rings. The SMILES string of the molecule is [C-]#[N+]c1cccc(-n2c3ccc([N+]#[C-])cc3c3ccc(-n4c5ccccc5c5cc(C#N)ccc54)cc32)c1. The first kappa shape index (κ1) is 21.5. The average molecular weight is 484 g/mol. The lowest BCUT2D eigenvalue weighted by Gasteiger charge is -2.11. The molecule has 174 valence electrons. The smallest absolute Gasteiger partial charge is 0.189 e. The average Bonchev–Trinajstić information content (AvgIpc) is 3.48. The fourth-order valence-corrected chi connectivity index (χ4v) is 5.51. The summed E-state index contributed by atoms with van der Waals surface area (Å²) in [6.45, 7) is 15.0. The second-order valence-corrected chi connectivity index (χ2v) is 9.18. The van der Waals surface area contributed by atoms with Gasteiger partial charge >= 0.3 is 0 Å². The number of benzene rings is 5. The number of hydrogen-bond acceptors (Lipinski definition) is 1. The van der Waals surface area contributed by atoms with E-state index in [0.717, 1.165) is 55.0 Å². The summed E-state index contributed by atoms with van der Waals surface area (Å²) in [4.78, 5) is 7.29. The van der Waals surface area contributed by atoms with Crippen LogP contribution in [0.4, 0.5) is 11.4 Å². The monoisotopic (exact) mass is 483 g/mol. The van der Waals surface area contributed by atoms with E-state index in [2.05, 4.69) is 55.2 Å². The van der Waals surface area contributed by atoms with Crippen LogP contribution in [0.5, 0.6) is 0 Å². The molecule has 0 saturated carbocycles. The normalized spacial score (nSPS) is 11.1. The molecule has 0 saturated heterocycles. The van der Waals surface area contributed by atoms with Crippen molar-refractivity contribution in [2.24, 2.45) is 0 Å². The van der Waals surface area contributed by atoms with Crippen LogP contribution in [0, 0.1) is 24.5 Å². The third-order valence-electron chi connectivity index (χ3n) is 7.14. The van der Waals surface area contributed by atoms with Crippen LogP contribution in [0.25, 0.3) is 64.7 Å². The van der Waals surface area contributed by atoms with Crippen LogP contribution >= 0.6 is 0 Å². The second-order valence-electron chi connectivity index (χ2n) is 9.18. The van der Waals surface area contributed by atoms with Crippen molar-refractivity contribution in [2.75, 3.05) is 0 Å². The van der Waals surface area contributed by atoms with Gasteiger partial charge in [-0.05, 0) is 66.0 Å². The van der Waals surface area contributed by atoms with Gasteiger partial charge in [-0.25, -0.2) is 9.69 Å². The molecule has 0 N–H and O–H groups in total. The molecule has 0 atom stereocenters. The van der Waals surface area contributed by atoms with E-state index in [1.54, 1.807) is 6.07 Å². The van der Waals surface area contributed by atoms with E-state index in [0.29, 0.717) is 16.9 Å². The Hall–Kier alpha value is -5.83. The van der Waals surface area contributed by atoms with E-state index >= 15 is 0 Å². The summed E-state index contributed by atoms with van der Waals surface area (Å²) in [6.07, 6.45) is 0. The maximum absolute atomic E-state index is 9.50. The van der Waals surface area contributed by atoms with Crippen molar-refractivity contribution >= 4 is 55.0 Å². The van der Waals surface area contributed by atoms with Crippen molar-refractivity contribution in [2.45, 2.75) is 0 Å². The maximum Gasteiger partial charge on any atom is 0.189 e. The molecular formula is C33H17N5. The van der Waals surface area contributed by atoms with Crippen molar-refractivity contribution in [3.8, 4) is 17.4 Å². The highest BCUT2D eigenvalue weighted by Crippen LogP contribution is 2.38. The number of aromatic nitrogens is 2. The molecule has 2 aromatic heterocycles. The van der Waals surface area contributed by atoms with Crippen LogP contribution in [0.15, 0.2) is 103 Å². The van der Waals surface area contributed by atoms with Gasteiger partial charge in [-0.3, -0.25) is 0 Å². The summed E-state index contributed by atoms with van der Waals surface area (Å²) in [6, 6.07) is 36.1. The molecule has 0 spiro atoms. The van der Waals surface area contributed by atoms with Gasteiger partial charge in [0.15, 0.2) is 11.4 Å². The highest BCUT2D eigenvalue weighted by molar-refractivity contribution is 6.12. The molecule has 5 aromatic carbocycles. The minimum atomic E-state index is 0.571. The summed E-state index contributed by atoms with van der Waals surface area (Å²) in [5, 5.41) is 13.7. The highest BCUT2D eigenvalue weighted by Gasteiger charge is 2.17.